The molecule has 0 radical (unpaired) electrons. The number of aliphatic imine (C=N–C) groups is 1. The summed E-state index contributed by atoms with van der Waals surface area (Å²) in [6.45, 7) is 5.17. The second-order valence-electron chi connectivity index (χ2n) is 6.77. The molecule has 158 valence electrons. The number of benzene rings is 2. The van der Waals surface area contributed by atoms with Crippen molar-refractivity contribution < 1.29 is 9.47 Å². The van der Waals surface area contributed by atoms with Crippen LogP contribution in [0.25, 0.3) is 0 Å². The van der Waals surface area contributed by atoms with Crippen molar-refractivity contribution in [1.82, 2.24) is 10.2 Å². The van der Waals surface area contributed by atoms with Gasteiger partial charge < -0.3 is 24.6 Å². The molecule has 1 N–H and O–H groups in total. The molecule has 7 heteroatoms. The van der Waals surface area contributed by atoms with E-state index in [-0.39, 0.29) is 24.0 Å². The molecule has 1 fully saturated rings. The molecule has 1 saturated heterocycles. The highest BCUT2D eigenvalue weighted by Gasteiger charge is 2.20. The molecule has 0 unspecified atom stereocenters. The van der Waals surface area contributed by atoms with Gasteiger partial charge in [-0.2, -0.15) is 0 Å². The van der Waals surface area contributed by atoms with Gasteiger partial charge in [-0.3, -0.25) is 4.99 Å². The number of nitrogens with zero attached hydrogens (tertiary/aromatic N) is 3. The van der Waals surface area contributed by atoms with Gasteiger partial charge in [0, 0.05) is 52.6 Å². The van der Waals surface area contributed by atoms with Crippen LogP contribution in [-0.4, -0.2) is 58.3 Å². The Morgan fingerprint density at radius 1 is 0.966 bits per heavy atom. The molecule has 0 amide bonds. The van der Waals surface area contributed by atoms with Crippen molar-refractivity contribution in [1.29, 1.82) is 0 Å². The highest BCUT2D eigenvalue weighted by atomic mass is 127. The van der Waals surface area contributed by atoms with E-state index < -0.39 is 0 Å². The molecule has 1 aliphatic heterocycles. The van der Waals surface area contributed by atoms with E-state index in [0.717, 1.165) is 44.4 Å². The summed E-state index contributed by atoms with van der Waals surface area (Å²) in [5.41, 5.74) is 3.68. The van der Waals surface area contributed by atoms with E-state index in [2.05, 4.69) is 50.4 Å². The molecule has 0 aliphatic carbocycles. The second kappa shape index (κ2) is 11.9. The molecule has 0 atom stereocenters. The van der Waals surface area contributed by atoms with Crippen molar-refractivity contribution in [2.45, 2.75) is 13.2 Å². The average Bonchev–Trinajstić information content (AvgIpc) is 2.76. The van der Waals surface area contributed by atoms with Crippen LogP contribution in [0.5, 0.6) is 5.75 Å². The molecule has 1 heterocycles. The first-order valence-corrected chi connectivity index (χ1v) is 9.65. The fourth-order valence-electron chi connectivity index (χ4n) is 3.50. The highest BCUT2D eigenvalue weighted by Crippen LogP contribution is 2.20. The zero-order valence-electron chi connectivity index (χ0n) is 17.4. The minimum atomic E-state index is 0. The number of rotatable bonds is 6. The lowest BCUT2D eigenvalue weighted by Crippen LogP contribution is -2.52. The van der Waals surface area contributed by atoms with Crippen LogP contribution in [0.15, 0.2) is 53.5 Å². The van der Waals surface area contributed by atoms with Crippen LogP contribution in [0, 0.1) is 0 Å². The van der Waals surface area contributed by atoms with Gasteiger partial charge in [0.2, 0.25) is 0 Å². The lowest BCUT2D eigenvalue weighted by Gasteiger charge is -2.37. The lowest BCUT2D eigenvalue weighted by atomic mass is 10.1. The van der Waals surface area contributed by atoms with Crippen molar-refractivity contribution in [3.63, 3.8) is 0 Å². The normalized spacial score (nSPS) is 14.4. The van der Waals surface area contributed by atoms with Crippen LogP contribution < -0.4 is 15.0 Å². The second-order valence-corrected chi connectivity index (χ2v) is 6.77. The van der Waals surface area contributed by atoms with Gasteiger partial charge in [0.15, 0.2) is 5.96 Å². The van der Waals surface area contributed by atoms with E-state index in [1.807, 2.05) is 25.2 Å². The number of hydrogen-bond donors (Lipinski definition) is 1. The molecule has 0 aromatic heterocycles. The Balaban J connectivity index is 0.00000300. The first kappa shape index (κ1) is 23.3. The van der Waals surface area contributed by atoms with Crippen LogP contribution >= 0.6 is 24.0 Å². The van der Waals surface area contributed by atoms with Crippen molar-refractivity contribution >= 4 is 35.6 Å². The van der Waals surface area contributed by atoms with E-state index in [1.165, 1.54) is 16.8 Å². The number of nitrogens with one attached hydrogen (secondary N) is 1. The summed E-state index contributed by atoms with van der Waals surface area (Å²) in [5, 5.41) is 3.51. The molecule has 1 aliphatic rings. The summed E-state index contributed by atoms with van der Waals surface area (Å²) >= 11 is 0. The van der Waals surface area contributed by atoms with Crippen LogP contribution in [-0.2, 0) is 17.9 Å². The highest BCUT2D eigenvalue weighted by molar-refractivity contribution is 14.0. The van der Waals surface area contributed by atoms with Crippen molar-refractivity contribution in [2.75, 3.05) is 52.3 Å². The Morgan fingerprint density at radius 2 is 1.62 bits per heavy atom. The number of ether oxygens (including phenoxy) is 2. The fourth-order valence-corrected chi connectivity index (χ4v) is 3.50. The zero-order valence-corrected chi connectivity index (χ0v) is 19.8. The van der Waals surface area contributed by atoms with Crippen LogP contribution in [0.2, 0.25) is 0 Å². The summed E-state index contributed by atoms with van der Waals surface area (Å²) in [4.78, 5) is 9.21. The molecular formula is C22H31IN4O2. The van der Waals surface area contributed by atoms with Crippen molar-refractivity contribution in [2.24, 2.45) is 4.99 Å². The summed E-state index contributed by atoms with van der Waals surface area (Å²) in [6, 6.07) is 16.6. The molecule has 2 aromatic rings. The Kier molecular flexibility index (Phi) is 9.53. The number of anilines is 1. The third-order valence-corrected chi connectivity index (χ3v) is 5.08. The van der Waals surface area contributed by atoms with Gasteiger partial charge in [0.05, 0.1) is 13.7 Å². The Hall–Kier alpha value is -2.00. The van der Waals surface area contributed by atoms with Crippen LogP contribution in [0.4, 0.5) is 5.69 Å². The topological polar surface area (TPSA) is 49.3 Å². The monoisotopic (exact) mass is 510 g/mol. The number of methoxy groups -OCH3 is 2. The summed E-state index contributed by atoms with van der Waals surface area (Å²) < 4.78 is 10.6. The van der Waals surface area contributed by atoms with Crippen LogP contribution in [0.1, 0.15) is 11.1 Å². The van der Waals surface area contributed by atoms with E-state index in [9.17, 15) is 0 Å². The Bertz CT molecular complexity index is 775. The van der Waals surface area contributed by atoms with Crippen LogP contribution in [0.3, 0.4) is 0 Å². The number of piperazine rings is 1. The molecule has 0 spiro atoms. The predicted molar refractivity (Wildman–Crippen MR) is 130 cm³/mol. The molecule has 3 rings (SSSR count). The predicted octanol–water partition coefficient (Wildman–Crippen LogP) is 3.36. The summed E-state index contributed by atoms with van der Waals surface area (Å²) in [5.74, 6) is 1.84. The van der Waals surface area contributed by atoms with E-state index in [4.69, 9.17) is 9.47 Å². The molecule has 29 heavy (non-hydrogen) atoms. The number of hydrogen-bond acceptors (Lipinski definition) is 4. The van der Waals surface area contributed by atoms with Crippen molar-refractivity contribution in [3.8, 4) is 5.75 Å². The smallest absolute Gasteiger partial charge is 0.194 e. The fraction of sp³-hybridized carbons (Fsp3) is 0.409. The number of guanidine groups is 1. The van der Waals surface area contributed by atoms with Gasteiger partial charge >= 0.3 is 0 Å². The van der Waals surface area contributed by atoms with E-state index >= 15 is 0 Å². The first-order valence-electron chi connectivity index (χ1n) is 9.65. The van der Waals surface area contributed by atoms with Gasteiger partial charge in [-0.05, 0) is 35.4 Å². The maximum atomic E-state index is 5.30. The molecule has 0 saturated carbocycles. The minimum absolute atomic E-state index is 0. The summed E-state index contributed by atoms with van der Waals surface area (Å²) in [7, 11) is 5.27. The maximum absolute atomic E-state index is 5.30. The first-order chi connectivity index (χ1) is 13.7. The third kappa shape index (κ3) is 6.24. The van der Waals surface area contributed by atoms with Gasteiger partial charge in [-0.1, -0.05) is 24.3 Å². The molecule has 2 aromatic carbocycles. The van der Waals surface area contributed by atoms with Gasteiger partial charge in [-0.15, -0.1) is 24.0 Å². The Labute approximate surface area is 190 Å². The van der Waals surface area contributed by atoms with Gasteiger partial charge in [0.25, 0.3) is 0 Å². The summed E-state index contributed by atoms with van der Waals surface area (Å²) in [6.07, 6.45) is 0. The van der Waals surface area contributed by atoms with Gasteiger partial charge in [-0.25, -0.2) is 0 Å². The Morgan fingerprint density at radius 3 is 2.21 bits per heavy atom. The third-order valence-electron chi connectivity index (χ3n) is 5.08. The molecular weight excluding hydrogens is 479 g/mol. The lowest BCUT2D eigenvalue weighted by molar-refractivity contribution is 0.184. The quantitative estimate of drug-likeness (QED) is 0.367. The molecule has 6 nitrogen and oxygen atoms in total. The minimum Gasteiger partial charge on any atom is -0.497 e. The van der Waals surface area contributed by atoms with E-state index in [0.29, 0.717) is 6.61 Å². The van der Waals surface area contributed by atoms with Crippen molar-refractivity contribution in [3.05, 3.63) is 59.7 Å². The SMILES string of the molecule is CN=C(NCc1ccccc1COC)N1CCN(c2ccc(OC)cc2)CC1.I. The standard InChI is InChI=1S/C22H30N4O2.HI/c1-23-22(24-16-18-6-4-5-7-19(18)17-27-2)26-14-12-25(13-15-26)20-8-10-21(28-3)11-9-20;/h4-11H,12-17H2,1-3H3,(H,23,24);1H. The number of halogens is 1. The largest absolute Gasteiger partial charge is 0.497 e. The van der Waals surface area contributed by atoms with Gasteiger partial charge in [0.1, 0.15) is 5.75 Å². The maximum Gasteiger partial charge on any atom is 0.194 e. The molecule has 0 bridgehead atoms. The average molecular weight is 510 g/mol. The van der Waals surface area contributed by atoms with E-state index in [1.54, 1.807) is 14.2 Å². The zero-order chi connectivity index (χ0) is 19.8.